The lowest BCUT2D eigenvalue weighted by Gasteiger charge is -2.13. The van der Waals surface area contributed by atoms with Crippen LogP contribution in [0.4, 0.5) is 5.82 Å². The Morgan fingerprint density at radius 3 is 2.85 bits per heavy atom. The van der Waals surface area contributed by atoms with Crippen LogP contribution in [0.25, 0.3) is 0 Å². The van der Waals surface area contributed by atoms with E-state index in [1.807, 2.05) is 0 Å². The lowest BCUT2D eigenvalue weighted by Crippen LogP contribution is -2.24. The van der Waals surface area contributed by atoms with Crippen molar-refractivity contribution in [1.29, 1.82) is 0 Å². The predicted molar refractivity (Wildman–Crippen MR) is 70.8 cm³/mol. The first-order valence-electron chi connectivity index (χ1n) is 6.21. The Hall–Kier alpha value is -1.87. The van der Waals surface area contributed by atoms with E-state index < -0.39 is 10.0 Å². The van der Waals surface area contributed by atoms with Crippen LogP contribution in [0.15, 0.2) is 9.42 Å². The maximum atomic E-state index is 12.4. The summed E-state index contributed by atoms with van der Waals surface area (Å²) >= 11 is 0. The van der Waals surface area contributed by atoms with Crippen LogP contribution in [0.3, 0.4) is 0 Å². The van der Waals surface area contributed by atoms with Crippen LogP contribution >= 0.6 is 0 Å². The van der Waals surface area contributed by atoms with E-state index in [4.69, 9.17) is 4.52 Å². The minimum Gasteiger partial charge on any atom is -0.360 e. The molecule has 2 aromatic heterocycles. The molecule has 0 radical (unpaired) electrons. The Labute approximate surface area is 116 Å². The van der Waals surface area contributed by atoms with Gasteiger partial charge in [0.2, 0.25) is 0 Å². The van der Waals surface area contributed by atoms with Gasteiger partial charge in [-0.25, -0.2) is 8.42 Å². The second-order valence-electron chi connectivity index (χ2n) is 4.71. The first-order chi connectivity index (χ1) is 9.49. The van der Waals surface area contributed by atoms with Crippen molar-refractivity contribution in [2.45, 2.75) is 31.7 Å². The Balaban J connectivity index is 1.97. The molecule has 9 heteroatoms. The molecule has 0 amide bonds. The summed E-state index contributed by atoms with van der Waals surface area (Å²) < 4.78 is 32.2. The van der Waals surface area contributed by atoms with Crippen molar-refractivity contribution in [1.82, 2.24) is 20.7 Å². The average Bonchev–Trinajstić information content (AvgIpc) is 2.94. The number of sulfonamides is 1. The number of hydrogen-bond acceptors (Lipinski definition) is 6. The standard InChI is InChI=1S/C11H15N5O3S/c1-6-10(7(2)19-15-6)20(17,18)16-11-8-3-4-12-5-9(8)13-14-11/h12H,3-5H2,1-2H3,(H2,13,14,16). The average molecular weight is 297 g/mol. The molecule has 0 saturated carbocycles. The second kappa shape index (κ2) is 4.60. The van der Waals surface area contributed by atoms with Crippen LogP contribution in [-0.4, -0.2) is 30.3 Å². The van der Waals surface area contributed by atoms with Crippen LogP contribution < -0.4 is 10.0 Å². The van der Waals surface area contributed by atoms with Crippen LogP contribution in [0.1, 0.15) is 22.7 Å². The molecule has 1 aliphatic rings. The van der Waals surface area contributed by atoms with Crippen LogP contribution in [0.5, 0.6) is 0 Å². The van der Waals surface area contributed by atoms with Gasteiger partial charge in [-0.15, -0.1) is 0 Å². The number of nitrogens with zero attached hydrogens (tertiary/aromatic N) is 2. The topological polar surface area (TPSA) is 113 Å². The van der Waals surface area contributed by atoms with E-state index >= 15 is 0 Å². The third-order valence-corrected chi connectivity index (χ3v) is 4.86. The van der Waals surface area contributed by atoms with E-state index in [-0.39, 0.29) is 10.7 Å². The first kappa shape index (κ1) is 13.1. The van der Waals surface area contributed by atoms with Crippen molar-refractivity contribution >= 4 is 15.8 Å². The van der Waals surface area contributed by atoms with Crippen molar-refractivity contribution in [2.75, 3.05) is 11.3 Å². The van der Waals surface area contributed by atoms with Crippen LogP contribution in [0, 0.1) is 13.8 Å². The maximum absolute atomic E-state index is 12.4. The van der Waals surface area contributed by atoms with Crippen molar-refractivity contribution < 1.29 is 12.9 Å². The smallest absolute Gasteiger partial charge is 0.268 e. The van der Waals surface area contributed by atoms with Gasteiger partial charge in [0.1, 0.15) is 5.69 Å². The highest BCUT2D eigenvalue weighted by atomic mass is 32.2. The fourth-order valence-electron chi connectivity index (χ4n) is 2.36. The highest BCUT2D eigenvalue weighted by Crippen LogP contribution is 2.25. The zero-order chi connectivity index (χ0) is 14.3. The van der Waals surface area contributed by atoms with Crippen molar-refractivity contribution in [2.24, 2.45) is 0 Å². The fourth-order valence-corrected chi connectivity index (χ4v) is 3.73. The molecule has 0 saturated heterocycles. The summed E-state index contributed by atoms with van der Waals surface area (Å²) in [5.41, 5.74) is 2.15. The summed E-state index contributed by atoms with van der Waals surface area (Å²) in [6.45, 7) is 4.62. The Bertz CT molecular complexity index is 727. The summed E-state index contributed by atoms with van der Waals surface area (Å²) in [6, 6.07) is 0. The number of anilines is 1. The van der Waals surface area contributed by atoms with Gasteiger partial charge >= 0.3 is 0 Å². The van der Waals surface area contributed by atoms with Crippen LogP contribution in [0.2, 0.25) is 0 Å². The number of hydrogen-bond donors (Lipinski definition) is 3. The normalized spacial score (nSPS) is 15.1. The summed E-state index contributed by atoms with van der Waals surface area (Å²) in [5.74, 6) is 0.613. The number of aromatic amines is 1. The van der Waals surface area contributed by atoms with E-state index in [9.17, 15) is 8.42 Å². The molecule has 0 fully saturated rings. The first-order valence-corrected chi connectivity index (χ1v) is 7.70. The number of H-pyrrole nitrogens is 1. The molecule has 0 aromatic carbocycles. The molecule has 0 aliphatic carbocycles. The van der Waals surface area contributed by atoms with Gasteiger partial charge < -0.3 is 9.84 Å². The van der Waals surface area contributed by atoms with Gasteiger partial charge in [-0.3, -0.25) is 9.82 Å². The van der Waals surface area contributed by atoms with E-state index in [0.29, 0.717) is 18.1 Å². The van der Waals surface area contributed by atoms with Crippen LogP contribution in [-0.2, 0) is 23.0 Å². The van der Waals surface area contributed by atoms with Gasteiger partial charge in [0.25, 0.3) is 10.0 Å². The third kappa shape index (κ3) is 2.08. The quantitative estimate of drug-likeness (QED) is 0.758. The molecule has 0 bridgehead atoms. The largest absolute Gasteiger partial charge is 0.360 e. The second-order valence-corrected chi connectivity index (χ2v) is 6.33. The summed E-state index contributed by atoms with van der Waals surface area (Å²) in [6.07, 6.45) is 0.727. The van der Waals surface area contributed by atoms with Gasteiger partial charge in [0.15, 0.2) is 16.5 Å². The highest BCUT2D eigenvalue weighted by Gasteiger charge is 2.27. The maximum Gasteiger partial charge on any atom is 0.268 e. The number of fused-ring (bicyclic) bond motifs is 1. The van der Waals surface area contributed by atoms with E-state index in [2.05, 4.69) is 25.4 Å². The van der Waals surface area contributed by atoms with E-state index in [1.165, 1.54) is 0 Å². The predicted octanol–water partition coefficient (Wildman–Crippen LogP) is 0.461. The van der Waals surface area contributed by atoms with Gasteiger partial charge in [0, 0.05) is 12.1 Å². The summed E-state index contributed by atoms with van der Waals surface area (Å²) in [7, 11) is -3.74. The molecule has 3 N–H and O–H groups in total. The van der Waals surface area contributed by atoms with Crippen molar-refractivity contribution in [3.8, 4) is 0 Å². The number of aryl methyl sites for hydroxylation is 2. The highest BCUT2D eigenvalue weighted by molar-refractivity contribution is 7.92. The SMILES string of the molecule is Cc1noc(C)c1S(=O)(=O)Nc1n[nH]c2c1CCNC2. The summed E-state index contributed by atoms with van der Waals surface area (Å²) in [5, 5.41) is 13.7. The lowest BCUT2D eigenvalue weighted by atomic mass is 10.1. The van der Waals surface area contributed by atoms with Gasteiger partial charge in [-0.2, -0.15) is 5.10 Å². The summed E-state index contributed by atoms with van der Waals surface area (Å²) in [4.78, 5) is 0.0724. The van der Waals surface area contributed by atoms with Crippen molar-refractivity contribution in [3.05, 3.63) is 22.7 Å². The molecule has 2 aromatic rings. The molecule has 8 nitrogen and oxygen atoms in total. The molecule has 0 unspecified atom stereocenters. The molecule has 20 heavy (non-hydrogen) atoms. The molecule has 0 atom stereocenters. The minimum absolute atomic E-state index is 0.0724. The van der Waals surface area contributed by atoms with Crippen molar-refractivity contribution in [3.63, 3.8) is 0 Å². The lowest BCUT2D eigenvalue weighted by molar-refractivity contribution is 0.390. The van der Waals surface area contributed by atoms with E-state index in [0.717, 1.165) is 24.2 Å². The monoisotopic (exact) mass is 297 g/mol. The van der Waals surface area contributed by atoms with Gasteiger partial charge in [-0.05, 0) is 26.8 Å². The fraction of sp³-hybridized carbons (Fsp3) is 0.455. The number of aromatic nitrogens is 3. The molecule has 3 heterocycles. The molecule has 3 rings (SSSR count). The minimum atomic E-state index is -3.74. The molecular weight excluding hydrogens is 282 g/mol. The Morgan fingerprint density at radius 1 is 1.35 bits per heavy atom. The zero-order valence-electron chi connectivity index (χ0n) is 11.1. The molecule has 108 valence electrons. The molecule has 1 aliphatic heterocycles. The van der Waals surface area contributed by atoms with Gasteiger partial charge in [-0.1, -0.05) is 5.16 Å². The zero-order valence-corrected chi connectivity index (χ0v) is 12.0. The number of rotatable bonds is 3. The molecule has 0 spiro atoms. The number of nitrogens with one attached hydrogen (secondary N) is 3. The molecular formula is C11H15N5O3S. The Kier molecular flexibility index (Phi) is 3.02. The van der Waals surface area contributed by atoms with E-state index in [1.54, 1.807) is 13.8 Å². The third-order valence-electron chi connectivity index (χ3n) is 3.27. The van der Waals surface area contributed by atoms with Gasteiger partial charge in [0.05, 0.1) is 5.69 Å². The Morgan fingerprint density at radius 2 is 2.15 bits per heavy atom.